The molecule has 0 aliphatic rings. The lowest BCUT2D eigenvalue weighted by atomic mass is 10.3. The highest BCUT2D eigenvalue weighted by Gasteiger charge is 2.12. The van der Waals surface area contributed by atoms with E-state index in [1.807, 2.05) is 11.5 Å². The van der Waals surface area contributed by atoms with Crippen LogP contribution in [0.1, 0.15) is 29.7 Å². The average Bonchev–Trinajstić information content (AvgIpc) is 2.96. The quantitative estimate of drug-likeness (QED) is 0.864. The van der Waals surface area contributed by atoms with Gasteiger partial charge in [-0.05, 0) is 12.5 Å². The van der Waals surface area contributed by atoms with Gasteiger partial charge in [0.1, 0.15) is 17.8 Å². The Labute approximate surface area is 109 Å². The largest absolute Gasteiger partial charge is 0.343 e. The van der Waals surface area contributed by atoms with Crippen LogP contribution in [-0.4, -0.2) is 25.7 Å². The van der Waals surface area contributed by atoms with E-state index in [1.165, 1.54) is 6.33 Å². The van der Waals surface area contributed by atoms with Crippen molar-refractivity contribution in [3.05, 3.63) is 35.1 Å². The number of carbonyl (C=O) groups is 1. The minimum Gasteiger partial charge on any atom is -0.343 e. The number of carbonyl (C=O) groups excluding carboxylic acids is 1. The molecule has 2 aromatic heterocycles. The van der Waals surface area contributed by atoms with Gasteiger partial charge in [0.25, 0.3) is 5.91 Å². The lowest BCUT2D eigenvalue weighted by molar-refractivity contribution is 0.0940. The molecular weight excluding hydrogens is 254 g/mol. The maximum absolute atomic E-state index is 12.0. The van der Waals surface area contributed by atoms with E-state index in [9.17, 15) is 4.79 Å². The van der Waals surface area contributed by atoms with Gasteiger partial charge in [0.05, 0.1) is 11.6 Å². The number of aromatic nitrogens is 4. The molecule has 0 unspecified atom stereocenters. The van der Waals surface area contributed by atoms with Crippen LogP contribution in [0.25, 0.3) is 0 Å². The van der Waals surface area contributed by atoms with E-state index >= 15 is 0 Å². The molecule has 7 heteroatoms. The number of hydrogen-bond acceptors (Lipinski definition) is 3. The Morgan fingerprint density at radius 2 is 2.44 bits per heavy atom. The van der Waals surface area contributed by atoms with Crippen molar-refractivity contribution >= 4 is 17.5 Å². The van der Waals surface area contributed by atoms with Gasteiger partial charge in [0, 0.05) is 12.7 Å². The predicted molar refractivity (Wildman–Crippen MR) is 67.3 cm³/mol. The number of rotatable bonds is 5. The van der Waals surface area contributed by atoms with Gasteiger partial charge in [-0.2, -0.15) is 5.10 Å². The number of aryl methyl sites for hydroxylation is 1. The fraction of sp³-hybridized carbons (Fsp3) is 0.364. The van der Waals surface area contributed by atoms with E-state index in [2.05, 4.69) is 20.5 Å². The van der Waals surface area contributed by atoms with Gasteiger partial charge >= 0.3 is 0 Å². The van der Waals surface area contributed by atoms with E-state index in [0.717, 1.165) is 13.0 Å². The highest BCUT2D eigenvalue weighted by Crippen LogP contribution is 2.14. The molecule has 2 aromatic rings. The average molecular weight is 268 g/mol. The first-order valence-corrected chi connectivity index (χ1v) is 6.06. The molecule has 2 heterocycles. The van der Waals surface area contributed by atoms with Gasteiger partial charge in [-0.1, -0.05) is 18.5 Å². The molecule has 0 atom stereocenters. The van der Waals surface area contributed by atoms with Gasteiger partial charge in [0.2, 0.25) is 0 Å². The summed E-state index contributed by atoms with van der Waals surface area (Å²) in [5.74, 6) is 0.440. The summed E-state index contributed by atoms with van der Waals surface area (Å²) in [6.45, 7) is 3.12. The molecule has 0 spiro atoms. The summed E-state index contributed by atoms with van der Waals surface area (Å²) in [4.78, 5) is 15.9. The molecule has 0 radical (unpaired) electrons. The molecule has 2 rings (SSSR count). The molecule has 18 heavy (non-hydrogen) atoms. The molecule has 6 nitrogen and oxygen atoms in total. The second-order valence-electron chi connectivity index (χ2n) is 3.85. The third-order valence-electron chi connectivity index (χ3n) is 2.44. The summed E-state index contributed by atoms with van der Waals surface area (Å²) in [6, 6.07) is 1.66. The molecular formula is C11H14ClN5O. The van der Waals surface area contributed by atoms with Crippen LogP contribution in [-0.2, 0) is 13.1 Å². The monoisotopic (exact) mass is 267 g/mol. The summed E-state index contributed by atoms with van der Waals surface area (Å²) < 4.78 is 1.85. The van der Waals surface area contributed by atoms with Crippen molar-refractivity contribution in [2.24, 2.45) is 0 Å². The summed E-state index contributed by atoms with van der Waals surface area (Å²) in [5, 5.41) is 9.72. The molecule has 0 fully saturated rings. The highest BCUT2D eigenvalue weighted by atomic mass is 35.5. The number of halogens is 1. The molecule has 0 aliphatic heterocycles. The van der Waals surface area contributed by atoms with Crippen molar-refractivity contribution in [2.75, 3.05) is 0 Å². The molecule has 2 N–H and O–H groups in total. The number of amides is 1. The number of nitrogens with one attached hydrogen (secondary N) is 2. The minimum absolute atomic E-state index is 0.174. The van der Waals surface area contributed by atoms with Crippen molar-refractivity contribution < 1.29 is 4.79 Å². The second kappa shape index (κ2) is 5.68. The fourth-order valence-corrected chi connectivity index (χ4v) is 1.88. The van der Waals surface area contributed by atoms with Gasteiger partial charge < -0.3 is 9.88 Å². The summed E-state index contributed by atoms with van der Waals surface area (Å²) in [7, 11) is 0. The Morgan fingerprint density at radius 3 is 3.11 bits per heavy atom. The van der Waals surface area contributed by atoms with E-state index in [0.29, 0.717) is 23.1 Å². The Balaban J connectivity index is 2.03. The van der Waals surface area contributed by atoms with Gasteiger partial charge in [-0.3, -0.25) is 9.89 Å². The number of H-pyrrole nitrogens is 1. The zero-order valence-corrected chi connectivity index (χ0v) is 10.7. The van der Waals surface area contributed by atoms with Gasteiger partial charge in [-0.25, -0.2) is 4.98 Å². The molecule has 0 saturated carbocycles. The summed E-state index contributed by atoms with van der Waals surface area (Å²) in [5.41, 5.74) is 0.557. The van der Waals surface area contributed by atoms with Crippen LogP contribution in [0.15, 0.2) is 18.6 Å². The van der Waals surface area contributed by atoms with Crippen LogP contribution in [0.5, 0.6) is 0 Å². The molecule has 96 valence electrons. The predicted octanol–water partition coefficient (Wildman–Crippen LogP) is 1.60. The maximum Gasteiger partial charge on any atom is 0.268 e. The standard InChI is InChI=1S/C11H14ClN5O/c1-2-3-17-6-8(12)4-9(17)11(18)13-5-10-14-7-15-16-10/h4,6-7H,2-3,5H2,1H3,(H,13,18)(H,14,15,16). The van der Waals surface area contributed by atoms with Crippen molar-refractivity contribution in [1.29, 1.82) is 0 Å². The third-order valence-corrected chi connectivity index (χ3v) is 2.65. The van der Waals surface area contributed by atoms with Crippen LogP contribution in [0.2, 0.25) is 5.02 Å². The van der Waals surface area contributed by atoms with E-state index in [4.69, 9.17) is 11.6 Å². The first-order chi connectivity index (χ1) is 8.70. The first-order valence-electron chi connectivity index (χ1n) is 5.68. The summed E-state index contributed by atoms with van der Waals surface area (Å²) >= 11 is 5.92. The SMILES string of the molecule is CCCn1cc(Cl)cc1C(=O)NCc1ncn[nH]1. The third kappa shape index (κ3) is 2.89. The van der Waals surface area contributed by atoms with E-state index < -0.39 is 0 Å². The van der Waals surface area contributed by atoms with Crippen LogP contribution < -0.4 is 5.32 Å². The zero-order valence-electron chi connectivity index (χ0n) is 9.98. The van der Waals surface area contributed by atoms with Gasteiger partial charge in [-0.15, -0.1) is 0 Å². The van der Waals surface area contributed by atoms with Crippen molar-refractivity contribution in [2.45, 2.75) is 26.4 Å². The minimum atomic E-state index is -0.174. The van der Waals surface area contributed by atoms with Crippen molar-refractivity contribution in [3.63, 3.8) is 0 Å². The molecule has 0 aromatic carbocycles. The van der Waals surface area contributed by atoms with Crippen LogP contribution in [0.3, 0.4) is 0 Å². The van der Waals surface area contributed by atoms with Crippen molar-refractivity contribution in [1.82, 2.24) is 25.1 Å². The first kappa shape index (κ1) is 12.6. The number of nitrogens with zero attached hydrogens (tertiary/aromatic N) is 3. The molecule has 0 aliphatic carbocycles. The van der Waals surface area contributed by atoms with Crippen LogP contribution in [0, 0.1) is 0 Å². The molecule has 0 saturated heterocycles. The number of aromatic amines is 1. The lowest BCUT2D eigenvalue weighted by Gasteiger charge is -2.07. The van der Waals surface area contributed by atoms with Crippen molar-refractivity contribution in [3.8, 4) is 0 Å². The topological polar surface area (TPSA) is 75.6 Å². The van der Waals surface area contributed by atoms with Gasteiger partial charge in [0.15, 0.2) is 0 Å². The van der Waals surface area contributed by atoms with Crippen LogP contribution in [0.4, 0.5) is 0 Å². The smallest absolute Gasteiger partial charge is 0.268 e. The normalized spacial score (nSPS) is 10.6. The highest BCUT2D eigenvalue weighted by molar-refractivity contribution is 6.31. The molecule has 0 bridgehead atoms. The fourth-order valence-electron chi connectivity index (χ4n) is 1.66. The Morgan fingerprint density at radius 1 is 1.61 bits per heavy atom. The Bertz CT molecular complexity index is 520. The number of hydrogen-bond donors (Lipinski definition) is 2. The Kier molecular flexibility index (Phi) is 3.99. The summed E-state index contributed by atoms with van der Waals surface area (Å²) in [6.07, 6.45) is 4.10. The molecule has 1 amide bonds. The Hall–Kier alpha value is -1.82. The lowest BCUT2D eigenvalue weighted by Crippen LogP contribution is -2.25. The van der Waals surface area contributed by atoms with Crippen LogP contribution >= 0.6 is 11.6 Å². The second-order valence-corrected chi connectivity index (χ2v) is 4.29. The zero-order chi connectivity index (χ0) is 13.0. The maximum atomic E-state index is 12.0. The van der Waals surface area contributed by atoms with E-state index in [-0.39, 0.29) is 5.91 Å². The van der Waals surface area contributed by atoms with E-state index in [1.54, 1.807) is 12.3 Å².